The summed E-state index contributed by atoms with van der Waals surface area (Å²) in [7, 11) is -3.99. The van der Waals surface area contributed by atoms with Crippen LogP contribution in [0.3, 0.4) is 0 Å². The molecule has 11 heteroatoms. The van der Waals surface area contributed by atoms with Gasteiger partial charge in [-0.1, -0.05) is 36.4 Å². The molecule has 0 radical (unpaired) electrons. The van der Waals surface area contributed by atoms with Gasteiger partial charge in [-0.15, -0.1) is 10.2 Å². The summed E-state index contributed by atoms with van der Waals surface area (Å²) in [6.07, 6.45) is 0.623. The van der Waals surface area contributed by atoms with Crippen molar-refractivity contribution >= 4 is 10.0 Å². The van der Waals surface area contributed by atoms with Crippen molar-refractivity contribution in [1.82, 2.24) is 25.9 Å². The van der Waals surface area contributed by atoms with Crippen LogP contribution in [0.15, 0.2) is 47.4 Å². The first kappa shape index (κ1) is 20.6. The van der Waals surface area contributed by atoms with Gasteiger partial charge in [0.2, 0.25) is 15.8 Å². The van der Waals surface area contributed by atoms with E-state index >= 15 is 0 Å². The van der Waals surface area contributed by atoms with Crippen molar-refractivity contribution in [3.8, 4) is 22.5 Å². The number of tetrazole rings is 1. The molecule has 0 aliphatic carbocycles. The second-order valence-electron chi connectivity index (χ2n) is 7.29. The summed E-state index contributed by atoms with van der Waals surface area (Å²) in [5.74, 6) is 0.146. The van der Waals surface area contributed by atoms with E-state index in [1.54, 1.807) is 12.1 Å². The Hall–Kier alpha value is -2.70. The Labute approximate surface area is 173 Å². The van der Waals surface area contributed by atoms with E-state index in [0.29, 0.717) is 43.9 Å². The molecule has 4 rings (SSSR count). The van der Waals surface area contributed by atoms with Crippen molar-refractivity contribution in [2.24, 2.45) is 5.14 Å². The molecule has 2 aromatic carbocycles. The highest BCUT2D eigenvalue weighted by atomic mass is 32.2. The van der Waals surface area contributed by atoms with Crippen LogP contribution in [0.5, 0.6) is 0 Å². The Bertz CT molecular complexity index is 1110. The molecule has 1 aromatic heterocycles. The second kappa shape index (κ2) is 8.20. The summed E-state index contributed by atoms with van der Waals surface area (Å²) in [5.41, 5.74) is 1.91. The highest BCUT2D eigenvalue weighted by Crippen LogP contribution is 2.34. The van der Waals surface area contributed by atoms with Gasteiger partial charge in [0.1, 0.15) is 5.60 Å². The van der Waals surface area contributed by atoms with Crippen molar-refractivity contribution < 1.29 is 18.3 Å². The van der Waals surface area contributed by atoms with E-state index in [9.17, 15) is 13.5 Å². The van der Waals surface area contributed by atoms with Gasteiger partial charge in [0, 0.05) is 26.1 Å². The number of aromatic amines is 1. The van der Waals surface area contributed by atoms with Crippen LogP contribution >= 0.6 is 0 Å². The van der Waals surface area contributed by atoms with Crippen LogP contribution in [-0.2, 0) is 21.3 Å². The van der Waals surface area contributed by atoms with E-state index in [1.807, 2.05) is 24.3 Å². The van der Waals surface area contributed by atoms with Gasteiger partial charge in [-0.2, -0.15) is 5.21 Å². The molecule has 1 aliphatic heterocycles. The number of nitrogens with one attached hydrogen (secondary N) is 2. The van der Waals surface area contributed by atoms with Crippen LogP contribution in [0.25, 0.3) is 22.5 Å². The van der Waals surface area contributed by atoms with Crippen molar-refractivity contribution in [2.75, 3.05) is 19.8 Å². The number of benzene rings is 2. The third-order valence-corrected chi connectivity index (χ3v) is 5.99. The molecule has 1 fully saturated rings. The average Bonchev–Trinajstić information content (AvgIpc) is 3.40. The summed E-state index contributed by atoms with van der Waals surface area (Å²) < 4.78 is 29.4. The van der Waals surface area contributed by atoms with Crippen molar-refractivity contribution in [2.45, 2.75) is 23.5 Å². The van der Waals surface area contributed by atoms with Gasteiger partial charge in [0.05, 0.1) is 17.1 Å². The molecule has 1 aliphatic rings. The van der Waals surface area contributed by atoms with Gasteiger partial charge in [0.25, 0.3) is 0 Å². The zero-order valence-electron chi connectivity index (χ0n) is 16.1. The molecule has 3 aromatic rings. The third kappa shape index (κ3) is 4.40. The van der Waals surface area contributed by atoms with E-state index in [4.69, 9.17) is 9.88 Å². The minimum Gasteiger partial charge on any atom is -0.386 e. The Morgan fingerprint density at radius 3 is 2.67 bits per heavy atom. The summed E-state index contributed by atoms with van der Waals surface area (Å²) in [6.45, 7) is 1.95. The smallest absolute Gasteiger partial charge is 0.238 e. The molecule has 10 nitrogen and oxygen atoms in total. The lowest BCUT2D eigenvalue weighted by atomic mass is 9.98. The van der Waals surface area contributed by atoms with Crippen LogP contribution in [-0.4, -0.2) is 59.5 Å². The number of sulfonamides is 1. The molecule has 158 valence electrons. The van der Waals surface area contributed by atoms with Crippen LogP contribution < -0.4 is 10.5 Å². The number of primary sulfonamides is 1. The van der Waals surface area contributed by atoms with Gasteiger partial charge < -0.3 is 15.2 Å². The highest BCUT2D eigenvalue weighted by molar-refractivity contribution is 7.89. The zero-order valence-corrected chi connectivity index (χ0v) is 16.9. The molecule has 0 bridgehead atoms. The molecule has 0 unspecified atom stereocenters. The molecule has 0 spiro atoms. The number of ether oxygens (including phenoxy) is 1. The summed E-state index contributed by atoms with van der Waals surface area (Å²) >= 11 is 0. The summed E-state index contributed by atoms with van der Waals surface area (Å²) in [5, 5.41) is 32.7. The Morgan fingerprint density at radius 2 is 2.03 bits per heavy atom. The summed E-state index contributed by atoms with van der Waals surface area (Å²) in [4.78, 5) is -0.0702. The molecule has 1 saturated heterocycles. The average molecular weight is 430 g/mol. The zero-order chi connectivity index (χ0) is 21.2. The Balaban J connectivity index is 1.58. The lowest BCUT2D eigenvalue weighted by Crippen LogP contribution is -2.40. The van der Waals surface area contributed by atoms with Crippen LogP contribution in [0.1, 0.15) is 12.0 Å². The van der Waals surface area contributed by atoms with Crippen molar-refractivity contribution in [3.63, 3.8) is 0 Å². The van der Waals surface area contributed by atoms with Gasteiger partial charge in [-0.3, -0.25) is 0 Å². The van der Waals surface area contributed by atoms with E-state index in [-0.39, 0.29) is 10.7 Å². The maximum absolute atomic E-state index is 12.1. The number of hydrogen-bond acceptors (Lipinski definition) is 8. The topological polar surface area (TPSA) is 156 Å². The first-order valence-corrected chi connectivity index (χ1v) is 10.9. The minimum atomic E-state index is -3.99. The molecule has 5 N–H and O–H groups in total. The number of nitrogens with zero attached hydrogens (tertiary/aromatic N) is 3. The SMILES string of the molecule is NS(=O)(=O)c1cccc(-c2ccc(CNC[C@@]3(O)CCOC3)cc2)c1-c1nn[nH]n1. The van der Waals surface area contributed by atoms with E-state index < -0.39 is 15.6 Å². The monoisotopic (exact) mass is 430 g/mol. The highest BCUT2D eigenvalue weighted by Gasteiger charge is 2.31. The lowest BCUT2D eigenvalue weighted by molar-refractivity contribution is 0.0268. The van der Waals surface area contributed by atoms with Crippen molar-refractivity contribution in [3.05, 3.63) is 48.0 Å². The van der Waals surface area contributed by atoms with E-state index in [2.05, 4.69) is 25.9 Å². The maximum Gasteiger partial charge on any atom is 0.238 e. The Morgan fingerprint density at radius 1 is 1.23 bits per heavy atom. The number of hydrogen-bond donors (Lipinski definition) is 4. The molecular weight excluding hydrogens is 408 g/mol. The minimum absolute atomic E-state index is 0.0702. The van der Waals surface area contributed by atoms with Crippen LogP contribution in [0.2, 0.25) is 0 Å². The van der Waals surface area contributed by atoms with Gasteiger partial charge in [-0.05, 0) is 28.0 Å². The van der Waals surface area contributed by atoms with Gasteiger partial charge in [0.15, 0.2) is 0 Å². The number of rotatable bonds is 7. The van der Waals surface area contributed by atoms with Crippen molar-refractivity contribution in [1.29, 1.82) is 0 Å². The number of aromatic nitrogens is 4. The van der Waals surface area contributed by atoms with Crippen LogP contribution in [0.4, 0.5) is 0 Å². The first-order chi connectivity index (χ1) is 14.4. The fourth-order valence-electron chi connectivity index (χ4n) is 3.48. The van der Waals surface area contributed by atoms with Crippen LogP contribution in [0, 0.1) is 0 Å². The maximum atomic E-state index is 12.1. The Kier molecular flexibility index (Phi) is 5.62. The predicted molar refractivity (Wildman–Crippen MR) is 109 cm³/mol. The fraction of sp³-hybridized carbons (Fsp3) is 0.316. The number of H-pyrrole nitrogens is 1. The number of nitrogens with two attached hydrogens (primary N) is 1. The largest absolute Gasteiger partial charge is 0.386 e. The summed E-state index contributed by atoms with van der Waals surface area (Å²) in [6, 6.07) is 12.5. The normalized spacial score (nSPS) is 19.3. The third-order valence-electron chi connectivity index (χ3n) is 5.03. The van der Waals surface area contributed by atoms with E-state index in [0.717, 1.165) is 11.1 Å². The second-order valence-corrected chi connectivity index (χ2v) is 8.82. The fourth-order valence-corrected chi connectivity index (χ4v) is 4.24. The van der Waals surface area contributed by atoms with E-state index in [1.165, 1.54) is 6.07 Å². The first-order valence-electron chi connectivity index (χ1n) is 9.36. The number of aliphatic hydroxyl groups is 1. The predicted octanol–water partition coefficient (Wildman–Crippen LogP) is 0.422. The molecule has 2 heterocycles. The van der Waals surface area contributed by atoms with Gasteiger partial charge in [-0.25, -0.2) is 13.6 Å². The molecule has 0 saturated carbocycles. The molecule has 30 heavy (non-hydrogen) atoms. The standard InChI is InChI=1S/C19H22N6O4S/c20-30(27,28)16-3-1-2-15(17(16)18-22-24-25-23-18)14-6-4-13(5-7-14)10-21-11-19(26)8-9-29-12-19/h1-7,21,26H,8-12H2,(H2,20,27,28)(H,22,23,24,25)/t19-/m0/s1. The lowest BCUT2D eigenvalue weighted by Gasteiger charge is -2.20. The van der Waals surface area contributed by atoms with Gasteiger partial charge >= 0.3 is 0 Å². The quantitative estimate of drug-likeness (QED) is 0.420. The molecule has 0 amide bonds. The molecule has 1 atom stereocenters. The molecular formula is C19H22N6O4S.